The zero-order chi connectivity index (χ0) is 20.5. The minimum absolute atomic E-state index is 0.207. The highest BCUT2D eigenvalue weighted by molar-refractivity contribution is 8.28. The number of halogens is 1. The van der Waals surface area contributed by atoms with Crippen molar-refractivity contribution in [1.29, 1.82) is 0 Å². The zero-order valence-corrected chi connectivity index (χ0v) is 18.3. The van der Waals surface area contributed by atoms with E-state index in [1.165, 1.54) is 23.5 Å². The number of benzene rings is 1. The number of hydrogen-bond donors (Lipinski definition) is 0. The summed E-state index contributed by atoms with van der Waals surface area (Å²) in [7, 11) is 1.85. The number of allylic oxidation sites excluding steroid dienone is 1. The lowest BCUT2D eigenvalue weighted by Crippen LogP contribution is -2.47. The molecule has 28 heavy (non-hydrogen) atoms. The number of thioether (sulfide) groups is 2. The number of carbonyl (C=O) groups is 2. The molecule has 0 aromatic heterocycles. The molecule has 150 valence electrons. The fourth-order valence-electron chi connectivity index (χ4n) is 2.75. The van der Waals surface area contributed by atoms with Gasteiger partial charge in [-0.2, -0.15) is 5.10 Å². The first-order chi connectivity index (χ1) is 13.3. The van der Waals surface area contributed by atoms with Gasteiger partial charge in [0.2, 0.25) is 9.37 Å². The van der Waals surface area contributed by atoms with Crippen LogP contribution in [0.1, 0.15) is 20.8 Å². The predicted octanol–water partition coefficient (Wildman–Crippen LogP) is 3.85. The van der Waals surface area contributed by atoms with Crippen molar-refractivity contribution in [2.45, 2.75) is 25.1 Å². The third-order valence-electron chi connectivity index (χ3n) is 4.14. The molecule has 1 atom stereocenters. The van der Waals surface area contributed by atoms with Gasteiger partial charge in [0.15, 0.2) is 0 Å². The van der Waals surface area contributed by atoms with Crippen molar-refractivity contribution in [2.24, 2.45) is 5.10 Å². The van der Waals surface area contributed by atoms with E-state index in [0.717, 1.165) is 5.70 Å². The summed E-state index contributed by atoms with van der Waals surface area (Å²) in [4.78, 5) is 27.2. The van der Waals surface area contributed by atoms with Crippen LogP contribution in [0.5, 0.6) is 0 Å². The molecule has 10 heteroatoms. The second-order valence-corrected chi connectivity index (χ2v) is 8.90. The normalized spacial score (nSPS) is 21.4. The van der Waals surface area contributed by atoms with Crippen molar-refractivity contribution in [1.82, 2.24) is 4.90 Å². The number of nitrogens with zero attached hydrogens (tertiary/aromatic N) is 3. The molecule has 1 aromatic rings. The Labute approximate surface area is 177 Å². The molecule has 0 saturated carbocycles. The van der Waals surface area contributed by atoms with Gasteiger partial charge in [-0.3, -0.25) is 0 Å². The van der Waals surface area contributed by atoms with Crippen LogP contribution in [-0.4, -0.2) is 46.5 Å². The molecule has 2 aliphatic heterocycles. The minimum atomic E-state index is -0.904. The fraction of sp³-hybridized carbons (Fsp3) is 0.389. The smallest absolute Gasteiger partial charge is 0.365 e. The molecule has 1 aromatic carbocycles. The molecule has 0 radical (unpaired) electrons. The highest BCUT2D eigenvalue weighted by Gasteiger charge is 2.56. The van der Waals surface area contributed by atoms with Gasteiger partial charge in [-0.25, -0.2) is 14.6 Å². The van der Waals surface area contributed by atoms with Crippen molar-refractivity contribution >= 4 is 57.8 Å². The van der Waals surface area contributed by atoms with Gasteiger partial charge in [0.25, 0.3) is 0 Å². The Morgan fingerprint density at radius 1 is 1.18 bits per heavy atom. The van der Waals surface area contributed by atoms with Gasteiger partial charge in [-0.15, -0.1) is 0 Å². The molecule has 3 rings (SSSR count). The molecule has 2 aliphatic rings. The van der Waals surface area contributed by atoms with Gasteiger partial charge in [-0.1, -0.05) is 29.4 Å². The summed E-state index contributed by atoms with van der Waals surface area (Å²) in [6, 6.07) is 7.17. The molecule has 0 amide bonds. The summed E-state index contributed by atoms with van der Waals surface area (Å²) in [6.07, 6.45) is 0. The average Bonchev–Trinajstić information content (AvgIpc) is 3.17. The maximum Gasteiger partial charge on any atom is 0.365 e. The van der Waals surface area contributed by atoms with E-state index >= 15 is 0 Å². The zero-order valence-electron chi connectivity index (χ0n) is 15.9. The Balaban J connectivity index is 2.03. The Hall–Kier alpha value is -1.84. The molecular weight excluding hydrogens is 422 g/mol. The van der Waals surface area contributed by atoms with Crippen LogP contribution in [0.2, 0.25) is 5.02 Å². The molecule has 0 N–H and O–H groups in total. The largest absolute Gasteiger partial charge is 0.462 e. The average molecular weight is 442 g/mol. The van der Waals surface area contributed by atoms with E-state index in [4.69, 9.17) is 21.1 Å². The standard InChI is InChI=1S/C18H20ClN3O4S2/c1-5-25-16(23)14-11(3)21(4)18(27-14)22(13-9-7-8-12(19)10-13)20-15(28-18)17(24)26-6-2/h7-10H,5-6H2,1-4H3/t18-/m0/s1. The summed E-state index contributed by atoms with van der Waals surface area (Å²) in [5.41, 5.74) is 1.43. The quantitative estimate of drug-likeness (QED) is 0.638. The van der Waals surface area contributed by atoms with Crippen LogP contribution in [0, 0.1) is 0 Å². The summed E-state index contributed by atoms with van der Waals surface area (Å²) < 4.78 is 9.43. The SMILES string of the molecule is CCOC(=O)C1=NN(c2cccc(Cl)c2)[C@]2(S1)SC(C(=O)OCC)=C(C)N2C. The highest BCUT2D eigenvalue weighted by atomic mass is 35.5. The molecule has 0 bridgehead atoms. The third kappa shape index (κ3) is 3.58. The molecular formula is C18H20ClN3O4S2. The van der Waals surface area contributed by atoms with Crippen molar-refractivity contribution in [3.63, 3.8) is 0 Å². The predicted molar refractivity (Wildman–Crippen MR) is 113 cm³/mol. The van der Waals surface area contributed by atoms with Crippen LogP contribution in [0.25, 0.3) is 0 Å². The van der Waals surface area contributed by atoms with E-state index < -0.39 is 16.3 Å². The number of hydrogen-bond acceptors (Lipinski definition) is 9. The third-order valence-corrected chi connectivity index (χ3v) is 7.41. The lowest BCUT2D eigenvalue weighted by Gasteiger charge is -2.39. The van der Waals surface area contributed by atoms with E-state index in [9.17, 15) is 9.59 Å². The Morgan fingerprint density at radius 3 is 2.50 bits per heavy atom. The van der Waals surface area contributed by atoms with E-state index in [2.05, 4.69) is 5.10 Å². The Bertz CT molecular complexity index is 876. The molecule has 0 aliphatic carbocycles. The highest BCUT2D eigenvalue weighted by Crippen LogP contribution is 2.58. The Kier molecular flexibility index (Phi) is 6.16. The monoisotopic (exact) mass is 441 g/mol. The van der Waals surface area contributed by atoms with Crippen LogP contribution in [0.3, 0.4) is 0 Å². The number of ether oxygens (including phenoxy) is 2. The van der Waals surface area contributed by atoms with Crippen LogP contribution in [0.4, 0.5) is 5.69 Å². The van der Waals surface area contributed by atoms with Gasteiger partial charge >= 0.3 is 11.9 Å². The van der Waals surface area contributed by atoms with Crippen molar-refractivity contribution in [3.05, 3.63) is 39.9 Å². The lowest BCUT2D eigenvalue weighted by molar-refractivity contribution is -0.137. The van der Waals surface area contributed by atoms with Crippen molar-refractivity contribution < 1.29 is 19.1 Å². The molecule has 0 unspecified atom stereocenters. The van der Waals surface area contributed by atoms with Gasteiger partial charge in [0, 0.05) is 17.8 Å². The second-order valence-electron chi connectivity index (χ2n) is 5.86. The van der Waals surface area contributed by atoms with Crippen molar-refractivity contribution in [2.75, 3.05) is 25.3 Å². The van der Waals surface area contributed by atoms with E-state index in [1.807, 2.05) is 24.9 Å². The number of esters is 2. The molecule has 0 fully saturated rings. The maximum absolute atomic E-state index is 12.5. The van der Waals surface area contributed by atoms with Gasteiger partial charge in [0.05, 0.1) is 18.9 Å². The first kappa shape index (κ1) is 20.9. The van der Waals surface area contributed by atoms with E-state index in [0.29, 0.717) is 15.6 Å². The second kappa shape index (κ2) is 8.26. The van der Waals surface area contributed by atoms with E-state index in [1.54, 1.807) is 37.1 Å². The summed E-state index contributed by atoms with van der Waals surface area (Å²) in [6.45, 7) is 5.87. The first-order valence-corrected chi connectivity index (χ1v) is 10.7. The maximum atomic E-state index is 12.5. The topological polar surface area (TPSA) is 71.4 Å². The van der Waals surface area contributed by atoms with Crippen LogP contribution in [0.15, 0.2) is 40.0 Å². The summed E-state index contributed by atoms with van der Waals surface area (Å²) in [5, 5.41) is 6.95. The molecule has 2 heterocycles. The molecule has 7 nitrogen and oxygen atoms in total. The van der Waals surface area contributed by atoms with Gasteiger partial charge in [-0.05, 0) is 50.7 Å². The van der Waals surface area contributed by atoms with Crippen LogP contribution >= 0.6 is 35.1 Å². The van der Waals surface area contributed by atoms with Gasteiger partial charge < -0.3 is 14.4 Å². The molecule has 0 saturated heterocycles. The Morgan fingerprint density at radius 2 is 1.86 bits per heavy atom. The first-order valence-electron chi connectivity index (χ1n) is 8.65. The summed E-state index contributed by atoms with van der Waals surface area (Å²) >= 11 is 8.69. The van der Waals surface area contributed by atoms with Crippen LogP contribution in [-0.2, 0) is 19.1 Å². The minimum Gasteiger partial charge on any atom is -0.462 e. The van der Waals surface area contributed by atoms with Gasteiger partial charge in [0.1, 0.15) is 4.91 Å². The molecule has 1 spiro atoms. The summed E-state index contributed by atoms with van der Waals surface area (Å²) in [5.74, 6) is -0.905. The van der Waals surface area contributed by atoms with Crippen LogP contribution < -0.4 is 5.01 Å². The lowest BCUT2D eigenvalue weighted by atomic mass is 10.3. The fourth-order valence-corrected chi connectivity index (χ4v) is 5.81. The van der Waals surface area contributed by atoms with E-state index in [-0.39, 0.29) is 18.3 Å². The number of carbonyl (C=O) groups excluding carboxylic acids is 2. The van der Waals surface area contributed by atoms with Crippen molar-refractivity contribution in [3.8, 4) is 0 Å². The number of anilines is 1. The number of hydrazone groups is 1. The number of rotatable bonds is 5.